The Kier molecular flexibility index (Phi) is 9.56. The quantitative estimate of drug-likeness (QED) is 0.177. The summed E-state index contributed by atoms with van der Waals surface area (Å²) in [5.41, 5.74) is 15.0. The van der Waals surface area contributed by atoms with Crippen LogP contribution in [0.3, 0.4) is 0 Å². The molecule has 0 aromatic heterocycles. The van der Waals surface area contributed by atoms with Gasteiger partial charge < -0.3 is 21.9 Å². The van der Waals surface area contributed by atoms with E-state index in [2.05, 4.69) is 52.1 Å². The maximum absolute atomic E-state index is 15.0. The maximum atomic E-state index is 15.0. The van der Waals surface area contributed by atoms with Gasteiger partial charge in [-0.2, -0.15) is 0 Å². The molecule has 272 valence electrons. The molecule has 50 heavy (non-hydrogen) atoms. The van der Waals surface area contributed by atoms with Gasteiger partial charge >= 0.3 is 0 Å². The number of nitrogens with two attached hydrogens (primary N) is 2. The predicted octanol–water partition coefficient (Wildman–Crippen LogP) is 6.88. The highest BCUT2D eigenvalue weighted by Crippen LogP contribution is 2.66. The van der Waals surface area contributed by atoms with Crippen LogP contribution < -0.4 is 16.8 Å². The smallest absolute Gasteiger partial charge is 0.241 e. The topological polar surface area (TPSA) is 139 Å². The summed E-state index contributed by atoms with van der Waals surface area (Å²) in [6.45, 7) is 11.6. The monoisotopic (exact) mass is 684 g/mol. The Labute approximate surface area is 299 Å². The first kappa shape index (κ1) is 36.6. The molecule has 4 aliphatic carbocycles. The first-order chi connectivity index (χ1) is 23.6. The summed E-state index contributed by atoms with van der Waals surface area (Å²) in [6, 6.07) is 11.3. The third-order valence-corrected chi connectivity index (χ3v) is 14.9. The van der Waals surface area contributed by atoms with Gasteiger partial charge in [0.05, 0.1) is 16.9 Å². The van der Waals surface area contributed by atoms with Crippen molar-refractivity contribution >= 4 is 23.4 Å². The number of benzene rings is 2. The number of phenolic OH excluding ortho intramolecular Hbond substituents is 1. The van der Waals surface area contributed by atoms with Crippen LogP contribution in [0, 0.1) is 22.2 Å². The van der Waals surface area contributed by atoms with E-state index in [1.165, 1.54) is 21.6 Å². The highest BCUT2D eigenvalue weighted by Gasteiger charge is 2.65. The van der Waals surface area contributed by atoms with Crippen LogP contribution in [0.1, 0.15) is 128 Å². The first-order valence-electron chi connectivity index (χ1n) is 19.1. The van der Waals surface area contributed by atoms with Crippen molar-refractivity contribution in [3.8, 4) is 5.75 Å². The minimum atomic E-state index is -0.758. The summed E-state index contributed by atoms with van der Waals surface area (Å²) in [5.74, 6) is 0.00566. The molecule has 2 saturated carbocycles. The van der Waals surface area contributed by atoms with Crippen LogP contribution >= 0.6 is 0 Å². The van der Waals surface area contributed by atoms with Gasteiger partial charge in [-0.15, -0.1) is 0 Å². The van der Waals surface area contributed by atoms with Gasteiger partial charge in [0.1, 0.15) is 5.75 Å². The Morgan fingerprint density at radius 3 is 2.32 bits per heavy atom. The van der Waals surface area contributed by atoms with Crippen molar-refractivity contribution in [3.05, 3.63) is 58.7 Å². The van der Waals surface area contributed by atoms with Gasteiger partial charge in [0.2, 0.25) is 17.7 Å². The molecule has 0 unspecified atom stereocenters. The average Bonchev–Trinajstić information content (AvgIpc) is 3.08. The average molecular weight is 685 g/mol. The fourth-order valence-corrected chi connectivity index (χ4v) is 11.5. The van der Waals surface area contributed by atoms with Crippen molar-refractivity contribution in [3.63, 3.8) is 0 Å². The second-order valence-corrected chi connectivity index (χ2v) is 17.4. The first-order valence-corrected chi connectivity index (χ1v) is 19.1. The third kappa shape index (κ3) is 5.51. The number of phenols is 1. The van der Waals surface area contributed by atoms with Crippen LogP contribution in [0.25, 0.3) is 0 Å². The second kappa shape index (κ2) is 13.1. The lowest BCUT2D eigenvalue weighted by Crippen LogP contribution is -2.64. The van der Waals surface area contributed by atoms with Gasteiger partial charge in [0.15, 0.2) is 0 Å². The van der Waals surface area contributed by atoms with E-state index in [1.54, 1.807) is 13.1 Å². The largest absolute Gasteiger partial charge is 0.508 e. The van der Waals surface area contributed by atoms with E-state index in [0.717, 1.165) is 88.3 Å². The number of carbonyl (C=O) groups is 3. The molecular formula is C42H60N4O4. The molecule has 6 N–H and O–H groups in total. The minimum absolute atomic E-state index is 0.0665. The van der Waals surface area contributed by atoms with Crippen molar-refractivity contribution in [2.75, 3.05) is 18.9 Å². The molecule has 4 aliphatic rings. The molecule has 0 bridgehead atoms. The number of nitrogens with one attached hydrogen (secondary N) is 1. The Balaban J connectivity index is 1.27. The van der Waals surface area contributed by atoms with Gasteiger partial charge in [-0.05, 0) is 139 Å². The molecular weight excluding hydrogens is 624 g/mol. The lowest BCUT2D eigenvalue weighted by atomic mass is 9.41. The molecule has 8 nitrogen and oxygen atoms in total. The summed E-state index contributed by atoms with van der Waals surface area (Å²) < 4.78 is 0. The number of hydrogen-bond acceptors (Lipinski definition) is 6. The summed E-state index contributed by atoms with van der Waals surface area (Å²) in [5, 5.41) is 13.5. The SMILES string of the molecule is CN(C(=O)[C@@]1(C)CCC[C@]2(C)c3cc(O)ccc3CC[C@@H]12)C(=O)[C@@]1(C)CCC[C@]2(C)c3cc(NC(=O)[C@@H](N)CCCCN)ccc3CC[C@@]12C. The normalized spacial score (nSPS) is 33.6. The zero-order chi connectivity index (χ0) is 36.3. The number of amides is 3. The molecule has 7 atom stereocenters. The summed E-state index contributed by atoms with van der Waals surface area (Å²) in [4.78, 5) is 44.4. The van der Waals surface area contributed by atoms with Crippen molar-refractivity contribution in [2.45, 2.75) is 135 Å². The van der Waals surface area contributed by atoms with E-state index in [-0.39, 0.29) is 40.2 Å². The fourth-order valence-electron chi connectivity index (χ4n) is 11.5. The van der Waals surface area contributed by atoms with Gasteiger partial charge in [0.25, 0.3) is 0 Å². The number of aryl methyl sites for hydroxylation is 2. The predicted molar refractivity (Wildman–Crippen MR) is 199 cm³/mol. The number of imide groups is 1. The van der Waals surface area contributed by atoms with Crippen LogP contribution in [-0.2, 0) is 38.1 Å². The van der Waals surface area contributed by atoms with E-state index < -0.39 is 22.3 Å². The van der Waals surface area contributed by atoms with Gasteiger partial charge in [-0.25, -0.2) is 0 Å². The molecule has 0 spiro atoms. The molecule has 2 aromatic rings. The Hall–Kier alpha value is -3.23. The lowest BCUT2D eigenvalue weighted by Gasteiger charge is -2.63. The van der Waals surface area contributed by atoms with E-state index in [9.17, 15) is 14.7 Å². The highest BCUT2D eigenvalue weighted by atomic mass is 16.3. The number of anilines is 1. The number of nitrogens with zero attached hydrogens (tertiary/aromatic N) is 1. The number of rotatable bonds is 8. The number of carbonyl (C=O) groups excluding carboxylic acids is 3. The zero-order valence-electron chi connectivity index (χ0n) is 31.3. The Morgan fingerprint density at radius 2 is 1.58 bits per heavy atom. The van der Waals surface area contributed by atoms with Gasteiger partial charge in [0, 0.05) is 12.7 Å². The minimum Gasteiger partial charge on any atom is -0.508 e. The lowest BCUT2D eigenvalue weighted by molar-refractivity contribution is -0.171. The molecule has 0 saturated heterocycles. The van der Waals surface area contributed by atoms with E-state index in [1.807, 2.05) is 18.2 Å². The fraction of sp³-hybridized carbons (Fsp3) is 0.643. The molecule has 0 aliphatic heterocycles. The summed E-state index contributed by atoms with van der Waals surface area (Å²) >= 11 is 0. The highest BCUT2D eigenvalue weighted by molar-refractivity contribution is 6.01. The number of unbranched alkanes of at least 4 members (excludes halogenated alkanes) is 1. The van der Waals surface area contributed by atoms with Crippen LogP contribution in [0.5, 0.6) is 5.75 Å². The van der Waals surface area contributed by atoms with Crippen molar-refractivity contribution in [1.29, 1.82) is 0 Å². The van der Waals surface area contributed by atoms with Crippen molar-refractivity contribution in [1.82, 2.24) is 4.90 Å². The molecule has 6 rings (SSSR count). The Bertz CT molecular complexity index is 1670. The van der Waals surface area contributed by atoms with Crippen LogP contribution in [-0.4, -0.2) is 47.4 Å². The molecule has 2 aromatic carbocycles. The number of aromatic hydroxyl groups is 1. The van der Waals surface area contributed by atoms with E-state index in [4.69, 9.17) is 11.5 Å². The summed E-state index contributed by atoms with van der Waals surface area (Å²) in [6.07, 6.45) is 10.8. The number of hydrogen-bond donors (Lipinski definition) is 4. The van der Waals surface area contributed by atoms with Crippen molar-refractivity contribution in [2.24, 2.45) is 33.6 Å². The van der Waals surface area contributed by atoms with Gasteiger partial charge in [-0.1, -0.05) is 66.0 Å². The van der Waals surface area contributed by atoms with Crippen LogP contribution in [0.4, 0.5) is 5.69 Å². The molecule has 2 fully saturated rings. The van der Waals surface area contributed by atoms with E-state index in [0.29, 0.717) is 13.0 Å². The standard InChI is InChI=1S/C42H60N4O4/c1-38-19-9-20-39(2,34(38)17-14-27-13-16-30(47)26-31(27)38)36(49)46(6)37(50)41(4)22-10-21-40(3)32-25-29(15-12-28(32)18-23-42(40,41)5)45-35(48)33(44)11-7-8-24-43/h12-13,15-16,25-26,33-34,47H,7-11,14,17-24,43-44H2,1-6H3,(H,45,48)/t33-,34+,38+,39-,40+,41+,42+/m0/s1. The Morgan fingerprint density at radius 1 is 0.880 bits per heavy atom. The molecule has 0 radical (unpaired) electrons. The third-order valence-electron chi connectivity index (χ3n) is 14.9. The van der Waals surface area contributed by atoms with Gasteiger partial charge in [-0.3, -0.25) is 19.3 Å². The molecule has 8 heteroatoms. The molecule has 3 amide bonds. The zero-order valence-corrected chi connectivity index (χ0v) is 31.3. The van der Waals surface area contributed by atoms with Crippen molar-refractivity contribution < 1.29 is 19.5 Å². The number of fused-ring (bicyclic) bond motifs is 6. The summed E-state index contributed by atoms with van der Waals surface area (Å²) in [7, 11) is 1.73. The van der Waals surface area contributed by atoms with Crippen LogP contribution in [0.15, 0.2) is 36.4 Å². The maximum Gasteiger partial charge on any atom is 0.241 e. The van der Waals surface area contributed by atoms with Crippen LogP contribution in [0.2, 0.25) is 0 Å². The second-order valence-electron chi connectivity index (χ2n) is 17.4. The van der Waals surface area contributed by atoms with E-state index >= 15 is 4.79 Å². The molecule has 0 heterocycles.